The van der Waals surface area contributed by atoms with Gasteiger partial charge in [0.2, 0.25) is 0 Å². The number of rotatable bonds is 6. The van der Waals surface area contributed by atoms with E-state index in [0.717, 1.165) is 29.9 Å². The predicted octanol–water partition coefficient (Wildman–Crippen LogP) is 6.45. The Kier molecular flexibility index (Phi) is 6.12. The van der Waals surface area contributed by atoms with Crippen LogP contribution in [0.4, 0.5) is 0 Å². The summed E-state index contributed by atoms with van der Waals surface area (Å²) in [5, 5.41) is 9.43. The average molecular weight is 333 g/mol. The van der Waals surface area contributed by atoms with Crippen LogP contribution in [0.3, 0.4) is 0 Å². The van der Waals surface area contributed by atoms with Crippen LogP contribution < -0.4 is 4.74 Å². The topological polar surface area (TPSA) is 33.0 Å². The summed E-state index contributed by atoms with van der Waals surface area (Å²) < 4.78 is 5.74. The number of nitriles is 1. The van der Waals surface area contributed by atoms with E-state index in [1.54, 1.807) is 0 Å². The second-order valence-electron chi connectivity index (χ2n) is 6.98. The fourth-order valence-corrected chi connectivity index (χ4v) is 3.63. The fourth-order valence-electron chi connectivity index (χ4n) is 3.63. The Morgan fingerprint density at radius 1 is 1.00 bits per heavy atom. The van der Waals surface area contributed by atoms with Crippen LogP contribution in [0.5, 0.6) is 5.75 Å². The lowest BCUT2D eigenvalue weighted by Crippen LogP contribution is -2.04. The summed E-state index contributed by atoms with van der Waals surface area (Å²) in [5.41, 5.74) is 4.32. The van der Waals surface area contributed by atoms with Gasteiger partial charge in [-0.3, -0.25) is 0 Å². The van der Waals surface area contributed by atoms with E-state index in [4.69, 9.17) is 4.74 Å². The first-order valence-electron chi connectivity index (χ1n) is 9.59. The third kappa shape index (κ3) is 4.42. The summed E-state index contributed by atoms with van der Waals surface area (Å²) >= 11 is 0. The summed E-state index contributed by atoms with van der Waals surface area (Å²) in [5.74, 6) is 1.42. The minimum absolute atomic E-state index is 0.616. The van der Waals surface area contributed by atoms with Crippen molar-refractivity contribution in [3.8, 4) is 22.9 Å². The molecule has 0 amide bonds. The van der Waals surface area contributed by atoms with Crippen molar-refractivity contribution in [3.05, 3.63) is 53.6 Å². The molecule has 1 aliphatic carbocycles. The van der Waals surface area contributed by atoms with Crippen molar-refractivity contribution in [2.75, 3.05) is 6.61 Å². The zero-order valence-corrected chi connectivity index (χ0v) is 15.1. The largest absolute Gasteiger partial charge is 0.492 e. The van der Waals surface area contributed by atoms with Crippen LogP contribution in [0.2, 0.25) is 0 Å². The summed E-state index contributed by atoms with van der Waals surface area (Å²) in [6.45, 7) is 2.80. The lowest BCUT2D eigenvalue weighted by molar-refractivity contribution is 0.308. The van der Waals surface area contributed by atoms with Crippen molar-refractivity contribution in [1.82, 2.24) is 0 Å². The van der Waals surface area contributed by atoms with Gasteiger partial charge in [0, 0.05) is 0 Å². The molecule has 2 aromatic rings. The molecule has 2 nitrogen and oxygen atoms in total. The molecule has 130 valence electrons. The smallest absolute Gasteiger partial charge is 0.137 e. The Labute approximate surface area is 151 Å². The first-order valence-corrected chi connectivity index (χ1v) is 9.59. The van der Waals surface area contributed by atoms with Crippen molar-refractivity contribution in [3.63, 3.8) is 0 Å². The molecule has 0 aromatic heterocycles. The highest BCUT2D eigenvalue weighted by Gasteiger charge is 2.15. The zero-order chi connectivity index (χ0) is 17.5. The molecular weight excluding hydrogens is 306 g/mol. The van der Waals surface area contributed by atoms with Gasteiger partial charge in [0.25, 0.3) is 0 Å². The molecule has 25 heavy (non-hydrogen) atoms. The second-order valence-corrected chi connectivity index (χ2v) is 6.98. The minimum Gasteiger partial charge on any atom is -0.492 e. The zero-order valence-electron chi connectivity index (χ0n) is 15.1. The number of hydrogen-bond acceptors (Lipinski definition) is 2. The van der Waals surface area contributed by atoms with Gasteiger partial charge in [-0.15, -0.1) is 0 Å². The van der Waals surface area contributed by atoms with E-state index < -0.39 is 0 Å². The first kappa shape index (κ1) is 17.5. The van der Waals surface area contributed by atoms with Crippen LogP contribution in [-0.2, 0) is 0 Å². The van der Waals surface area contributed by atoms with Gasteiger partial charge in [-0.2, -0.15) is 5.26 Å². The van der Waals surface area contributed by atoms with E-state index in [0.29, 0.717) is 17.9 Å². The molecule has 0 spiro atoms. The van der Waals surface area contributed by atoms with Crippen LogP contribution in [0, 0.1) is 11.3 Å². The quantitative estimate of drug-likeness (QED) is 0.569. The monoisotopic (exact) mass is 333 g/mol. The second kappa shape index (κ2) is 8.72. The van der Waals surface area contributed by atoms with Crippen LogP contribution in [-0.4, -0.2) is 6.61 Å². The van der Waals surface area contributed by atoms with Gasteiger partial charge in [0.15, 0.2) is 0 Å². The van der Waals surface area contributed by atoms with E-state index in [-0.39, 0.29) is 0 Å². The molecule has 0 unspecified atom stereocenters. The van der Waals surface area contributed by atoms with Crippen molar-refractivity contribution < 1.29 is 4.74 Å². The Morgan fingerprint density at radius 2 is 1.72 bits per heavy atom. The molecule has 0 atom stereocenters. The molecule has 1 saturated carbocycles. The van der Waals surface area contributed by atoms with Crippen LogP contribution >= 0.6 is 0 Å². The predicted molar refractivity (Wildman–Crippen MR) is 103 cm³/mol. The van der Waals surface area contributed by atoms with E-state index >= 15 is 0 Å². The van der Waals surface area contributed by atoms with Crippen molar-refractivity contribution >= 4 is 0 Å². The maximum absolute atomic E-state index is 9.43. The van der Waals surface area contributed by atoms with Crippen molar-refractivity contribution in [2.45, 2.75) is 57.8 Å². The Hall–Kier alpha value is -2.27. The van der Waals surface area contributed by atoms with Gasteiger partial charge in [-0.05, 0) is 54.0 Å². The molecule has 3 rings (SSSR count). The van der Waals surface area contributed by atoms with Gasteiger partial charge in [0.1, 0.15) is 11.8 Å². The summed E-state index contributed by atoms with van der Waals surface area (Å²) in [6.07, 6.45) is 8.85. The highest BCUT2D eigenvalue weighted by Crippen LogP contribution is 2.34. The van der Waals surface area contributed by atoms with Crippen molar-refractivity contribution in [1.29, 1.82) is 5.26 Å². The molecule has 0 radical (unpaired) electrons. The molecule has 0 bridgehead atoms. The van der Waals surface area contributed by atoms with Gasteiger partial charge in [-0.1, -0.05) is 62.9 Å². The van der Waals surface area contributed by atoms with Gasteiger partial charge in [0.05, 0.1) is 12.2 Å². The third-order valence-electron chi connectivity index (χ3n) is 5.18. The molecule has 2 heteroatoms. The summed E-state index contributed by atoms with van der Waals surface area (Å²) in [7, 11) is 0. The van der Waals surface area contributed by atoms with E-state index in [1.807, 2.05) is 12.1 Å². The van der Waals surface area contributed by atoms with Crippen LogP contribution in [0.15, 0.2) is 42.5 Å². The van der Waals surface area contributed by atoms with E-state index in [1.165, 1.54) is 37.7 Å². The third-order valence-corrected chi connectivity index (χ3v) is 5.18. The number of nitrogens with zero attached hydrogens (tertiary/aromatic N) is 1. The van der Waals surface area contributed by atoms with Crippen LogP contribution in [0.25, 0.3) is 11.1 Å². The van der Waals surface area contributed by atoms with Gasteiger partial charge >= 0.3 is 0 Å². The molecule has 0 heterocycles. The maximum atomic E-state index is 9.43. The Bertz CT molecular complexity index is 721. The SMILES string of the molecule is CCCCOc1ccc(-c2ccc(C3CCCCC3)cc2)cc1C#N. The molecule has 0 saturated heterocycles. The first-order chi connectivity index (χ1) is 12.3. The molecule has 0 aliphatic heterocycles. The minimum atomic E-state index is 0.616. The molecule has 2 aromatic carbocycles. The summed E-state index contributed by atoms with van der Waals surface area (Å²) in [6, 6.07) is 17.1. The van der Waals surface area contributed by atoms with E-state index in [2.05, 4.69) is 43.3 Å². The number of ether oxygens (including phenoxy) is 1. The fraction of sp³-hybridized carbons (Fsp3) is 0.435. The molecule has 1 aliphatic rings. The standard InChI is InChI=1S/C23H27NO/c1-2-3-15-25-23-14-13-21(16-22(23)17-24)20-11-9-19(10-12-20)18-7-5-4-6-8-18/h9-14,16,18H,2-8,15H2,1H3. The highest BCUT2D eigenvalue weighted by molar-refractivity contribution is 5.67. The Balaban J connectivity index is 1.75. The number of hydrogen-bond donors (Lipinski definition) is 0. The van der Waals surface area contributed by atoms with Crippen molar-refractivity contribution in [2.24, 2.45) is 0 Å². The lowest BCUT2D eigenvalue weighted by Gasteiger charge is -2.22. The summed E-state index contributed by atoms with van der Waals surface area (Å²) in [4.78, 5) is 0. The number of unbranched alkanes of at least 4 members (excludes halogenated alkanes) is 1. The number of benzene rings is 2. The molecular formula is C23H27NO. The van der Waals surface area contributed by atoms with Crippen LogP contribution in [0.1, 0.15) is 68.9 Å². The Morgan fingerprint density at radius 3 is 2.40 bits per heavy atom. The molecule has 1 fully saturated rings. The highest BCUT2D eigenvalue weighted by atomic mass is 16.5. The normalized spacial score (nSPS) is 14.9. The average Bonchev–Trinajstić information content (AvgIpc) is 2.69. The van der Waals surface area contributed by atoms with Gasteiger partial charge < -0.3 is 4.74 Å². The van der Waals surface area contributed by atoms with Gasteiger partial charge in [-0.25, -0.2) is 0 Å². The maximum Gasteiger partial charge on any atom is 0.137 e. The lowest BCUT2D eigenvalue weighted by atomic mass is 9.83. The van der Waals surface area contributed by atoms with E-state index in [9.17, 15) is 5.26 Å². The molecule has 0 N–H and O–H groups in total.